The van der Waals surface area contributed by atoms with Crippen LogP contribution >= 0.6 is 0 Å². The van der Waals surface area contributed by atoms with E-state index in [-0.39, 0.29) is 7.43 Å². The quantitative estimate of drug-likeness (QED) is 0.303. The van der Waals surface area contributed by atoms with Gasteiger partial charge in [0.2, 0.25) is 0 Å². The van der Waals surface area contributed by atoms with Crippen molar-refractivity contribution in [3.63, 3.8) is 0 Å². The molecular formula is C34H72. The second-order valence-electron chi connectivity index (χ2n) is 13.2. The number of hydrogen-bond donors (Lipinski definition) is 0. The van der Waals surface area contributed by atoms with Crippen LogP contribution in [0.15, 0.2) is 24.3 Å². The molecule has 0 aliphatic heterocycles. The van der Waals surface area contributed by atoms with Gasteiger partial charge >= 0.3 is 0 Å². The van der Waals surface area contributed by atoms with E-state index in [1.54, 1.807) is 0 Å². The highest BCUT2D eigenvalue weighted by Crippen LogP contribution is 2.52. The SMILES string of the molecule is C.C=C(C(C)C)C(C)C.C=C(C(C)C)C(C)C.CC(C)C1(C(C)C)CCC1.CC(C)CC(C)C. The molecule has 0 heterocycles. The van der Waals surface area contributed by atoms with E-state index >= 15 is 0 Å². The highest BCUT2D eigenvalue weighted by molar-refractivity contribution is 5.00. The Balaban J connectivity index is -0.000000177. The molecule has 0 unspecified atom stereocenters. The van der Waals surface area contributed by atoms with Crippen LogP contribution in [0.3, 0.4) is 0 Å². The summed E-state index contributed by atoms with van der Waals surface area (Å²) in [5.74, 6) is 6.12. The summed E-state index contributed by atoms with van der Waals surface area (Å²) in [5, 5.41) is 0. The normalized spacial score (nSPS) is 14.2. The molecule has 0 aromatic rings. The second kappa shape index (κ2) is 20.7. The minimum absolute atomic E-state index is 0. The van der Waals surface area contributed by atoms with Crippen molar-refractivity contribution >= 4 is 0 Å². The first kappa shape index (κ1) is 40.6. The van der Waals surface area contributed by atoms with E-state index in [0.29, 0.717) is 23.7 Å². The van der Waals surface area contributed by atoms with Crippen LogP contribution in [0.2, 0.25) is 0 Å². The van der Waals surface area contributed by atoms with Crippen molar-refractivity contribution in [2.45, 2.75) is 144 Å². The first-order chi connectivity index (χ1) is 14.8. The molecule has 1 aliphatic carbocycles. The lowest BCUT2D eigenvalue weighted by Gasteiger charge is -2.49. The van der Waals surface area contributed by atoms with E-state index in [9.17, 15) is 0 Å². The van der Waals surface area contributed by atoms with Crippen molar-refractivity contribution in [3.8, 4) is 0 Å². The molecule has 0 heteroatoms. The molecule has 34 heavy (non-hydrogen) atoms. The number of rotatable bonds is 8. The number of hydrogen-bond acceptors (Lipinski definition) is 0. The molecule has 1 aliphatic rings. The van der Waals surface area contributed by atoms with Gasteiger partial charge in [0, 0.05) is 0 Å². The minimum Gasteiger partial charge on any atom is -0.0993 e. The first-order valence-electron chi connectivity index (χ1n) is 14.2. The van der Waals surface area contributed by atoms with Crippen LogP contribution < -0.4 is 0 Å². The Hall–Kier alpha value is -0.520. The Labute approximate surface area is 220 Å². The van der Waals surface area contributed by atoms with Gasteiger partial charge < -0.3 is 0 Å². The zero-order valence-electron chi connectivity index (χ0n) is 26.4. The van der Waals surface area contributed by atoms with Crippen LogP contribution in [0.1, 0.15) is 144 Å². The highest BCUT2D eigenvalue weighted by Gasteiger charge is 2.41. The lowest BCUT2D eigenvalue weighted by atomic mass is 9.56. The molecule has 0 nitrogen and oxygen atoms in total. The Bertz CT molecular complexity index is 418. The fourth-order valence-corrected chi connectivity index (χ4v) is 4.68. The molecule has 0 N–H and O–H groups in total. The molecule has 1 saturated carbocycles. The number of allylic oxidation sites excluding steroid dienone is 2. The molecule has 0 aromatic heterocycles. The highest BCUT2D eigenvalue weighted by atomic mass is 14.5. The van der Waals surface area contributed by atoms with Gasteiger partial charge in [-0.25, -0.2) is 0 Å². The van der Waals surface area contributed by atoms with Crippen LogP contribution in [0.25, 0.3) is 0 Å². The van der Waals surface area contributed by atoms with Gasteiger partial charge in [0.1, 0.15) is 0 Å². The van der Waals surface area contributed by atoms with Crippen LogP contribution in [0.4, 0.5) is 0 Å². The summed E-state index contributed by atoms with van der Waals surface area (Å²) in [6.45, 7) is 43.9. The fraction of sp³-hybridized carbons (Fsp3) is 0.882. The third-order valence-electron chi connectivity index (χ3n) is 7.49. The van der Waals surface area contributed by atoms with Gasteiger partial charge in [-0.15, -0.1) is 0 Å². The smallest absolute Gasteiger partial charge is 0.0251 e. The van der Waals surface area contributed by atoms with Gasteiger partial charge in [-0.3, -0.25) is 0 Å². The van der Waals surface area contributed by atoms with Crippen LogP contribution in [-0.4, -0.2) is 0 Å². The maximum absolute atomic E-state index is 3.95. The van der Waals surface area contributed by atoms with E-state index in [4.69, 9.17) is 0 Å². The summed E-state index contributed by atoms with van der Waals surface area (Å²) >= 11 is 0. The van der Waals surface area contributed by atoms with Crippen molar-refractivity contribution < 1.29 is 0 Å². The molecule has 0 atom stereocenters. The Morgan fingerprint density at radius 2 is 0.765 bits per heavy atom. The average Bonchev–Trinajstić information content (AvgIpc) is 2.58. The van der Waals surface area contributed by atoms with E-state index < -0.39 is 0 Å². The van der Waals surface area contributed by atoms with Crippen molar-refractivity contribution in [3.05, 3.63) is 24.3 Å². The Kier molecular flexibility index (Phi) is 24.7. The largest absolute Gasteiger partial charge is 0.0993 e. The molecular weight excluding hydrogens is 408 g/mol. The van der Waals surface area contributed by atoms with Gasteiger partial charge in [-0.1, -0.05) is 149 Å². The lowest BCUT2D eigenvalue weighted by molar-refractivity contribution is 0.0135. The zero-order valence-corrected chi connectivity index (χ0v) is 26.4. The van der Waals surface area contributed by atoms with Crippen molar-refractivity contribution in [2.24, 2.45) is 52.8 Å². The summed E-state index contributed by atoms with van der Waals surface area (Å²) in [5.41, 5.74) is 3.43. The molecule has 208 valence electrons. The van der Waals surface area contributed by atoms with E-state index in [1.165, 1.54) is 36.8 Å². The van der Waals surface area contributed by atoms with Crippen molar-refractivity contribution in [1.29, 1.82) is 0 Å². The maximum Gasteiger partial charge on any atom is -0.0251 e. The summed E-state index contributed by atoms with van der Waals surface area (Å²) < 4.78 is 0. The zero-order chi connectivity index (χ0) is 27.1. The molecule has 0 amide bonds. The van der Waals surface area contributed by atoms with Gasteiger partial charge in [-0.05, 0) is 72.0 Å². The van der Waals surface area contributed by atoms with Crippen LogP contribution in [0, 0.1) is 52.8 Å². The van der Waals surface area contributed by atoms with Crippen molar-refractivity contribution in [2.75, 3.05) is 0 Å². The predicted molar refractivity (Wildman–Crippen MR) is 165 cm³/mol. The van der Waals surface area contributed by atoms with Gasteiger partial charge in [0.15, 0.2) is 0 Å². The maximum atomic E-state index is 3.95. The Morgan fingerprint density at radius 1 is 0.529 bits per heavy atom. The van der Waals surface area contributed by atoms with E-state index in [2.05, 4.69) is 124 Å². The third-order valence-corrected chi connectivity index (χ3v) is 7.49. The minimum atomic E-state index is 0. The van der Waals surface area contributed by atoms with Crippen LogP contribution in [0.5, 0.6) is 0 Å². The molecule has 0 aromatic carbocycles. The van der Waals surface area contributed by atoms with Crippen molar-refractivity contribution in [1.82, 2.24) is 0 Å². The topological polar surface area (TPSA) is 0 Å². The lowest BCUT2D eigenvalue weighted by Crippen LogP contribution is -2.39. The molecule has 0 saturated heterocycles. The molecule has 0 radical (unpaired) electrons. The average molecular weight is 481 g/mol. The van der Waals surface area contributed by atoms with Crippen LogP contribution in [-0.2, 0) is 0 Å². The van der Waals surface area contributed by atoms with E-state index in [0.717, 1.165) is 29.1 Å². The first-order valence-corrected chi connectivity index (χ1v) is 14.2. The summed E-state index contributed by atoms with van der Waals surface area (Å²) in [7, 11) is 0. The van der Waals surface area contributed by atoms with Gasteiger partial charge in [0.05, 0.1) is 0 Å². The molecule has 1 rings (SSSR count). The summed E-state index contributed by atoms with van der Waals surface area (Å²) in [6.07, 6.45) is 5.78. The molecule has 0 bridgehead atoms. The third kappa shape index (κ3) is 18.8. The van der Waals surface area contributed by atoms with Gasteiger partial charge in [0.25, 0.3) is 0 Å². The molecule has 0 spiro atoms. The second-order valence-corrected chi connectivity index (χ2v) is 13.2. The molecule has 1 fully saturated rings. The standard InChI is InChI=1S/C10H20.2C8H16.C7H16.CH4/c1-8(2)10(9(3)4)6-5-7-10;2*1-6(2)8(5)7(3)4;1-6(2)5-7(3)4;/h8-9H,5-7H2,1-4H3;2*6-7H,5H2,1-4H3;6-7H,5H2,1-4H3;1H4. The van der Waals surface area contributed by atoms with E-state index in [1.807, 2.05) is 0 Å². The fourth-order valence-electron chi connectivity index (χ4n) is 4.68. The monoisotopic (exact) mass is 481 g/mol. The summed E-state index contributed by atoms with van der Waals surface area (Å²) in [6, 6.07) is 0. The predicted octanol–water partition coefficient (Wildman–Crippen LogP) is 12.5. The summed E-state index contributed by atoms with van der Waals surface area (Å²) in [4.78, 5) is 0. The Morgan fingerprint density at radius 3 is 0.765 bits per heavy atom. The van der Waals surface area contributed by atoms with Gasteiger partial charge in [-0.2, -0.15) is 0 Å².